The van der Waals surface area contributed by atoms with Gasteiger partial charge in [-0.15, -0.1) is 5.10 Å². The second kappa shape index (κ2) is 6.39. The standard InChI is InChI=1S/C18H20N6/c1-13-5-4-10-24(12-13)18-22-16(11-20-23-18)21-15-8-2-6-14-7-3-9-19-17(14)15/h2-3,6-9,11,13H,4-5,10,12H2,1H3,(H,21,22,23). The molecule has 1 N–H and O–H groups in total. The SMILES string of the molecule is CC1CCCN(c2nncc(Nc3cccc4cccnc34)n2)C1. The highest BCUT2D eigenvalue weighted by Gasteiger charge is 2.19. The molecular weight excluding hydrogens is 300 g/mol. The van der Waals surface area contributed by atoms with Gasteiger partial charge in [0.2, 0.25) is 5.95 Å². The van der Waals surface area contributed by atoms with Gasteiger partial charge in [-0.2, -0.15) is 10.1 Å². The van der Waals surface area contributed by atoms with Gasteiger partial charge in [-0.25, -0.2) is 0 Å². The predicted octanol–water partition coefficient (Wildman–Crippen LogP) is 3.40. The van der Waals surface area contributed by atoms with Gasteiger partial charge in [0.05, 0.1) is 17.4 Å². The summed E-state index contributed by atoms with van der Waals surface area (Å²) in [5.41, 5.74) is 1.85. The topological polar surface area (TPSA) is 66.8 Å². The Morgan fingerprint density at radius 2 is 2.12 bits per heavy atom. The Morgan fingerprint density at radius 1 is 1.21 bits per heavy atom. The van der Waals surface area contributed by atoms with Crippen molar-refractivity contribution in [3.63, 3.8) is 0 Å². The molecule has 3 aromatic rings. The fraction of sp³-hybridized carbons (Fsp3) is 0.333. The van der Waals surface area contributed by atoms with E-state index in [1.54, 1.807) is 12.4 Å². The third-order valence-electron chi connectivity index (χ3n) is 4.38. The van der Waals surface area contributed by atoms with Crippen LogP contribution in [0.15, 0.2) is 42.7 Å². The summed E-state index contributed by atoms with van der Waals surface area (Å²) in [6, 6.07) is 10.0. The summed E-state index contributed by atoms with van der Waals surface area (Å²) in [6.07, 6.45) is 5.89. The first-order chi connectivity index (χ1) is 11.8. The quantitative estimate of drug-likeness (QED) is 0.798. The van der Waals surface area contributed by atoms with Crippen LogP contribution in [0.1, 0.15) is 19.8 Å². The Hall–Kier alpha value is -2.76. The van der Waals surface area contributed by atoms with Crippen LogP contribution in [-0.4, -0.2) is 33.3 Å². The Morgan fingerprint density at radius 3 is 3.04 bits per heavy atom. The highest BCUT2D eigenvalue weighted by Crippen LogP contribution is 2.25. The number of anilines is 3. The van der Waals surface area contributed by atoms with Crippen LogP contribution in [0, 0.1) is 5.92 Å². The summed E-state index contributed by atoms with van der Waals surface area (Å²) >= 11 is 0. The number of hydrogen-bond acceptors (Lipinski definition) is 6. The zero-order chi connectivity index (χ0) is 16.4. The lowest BCUT2D eigenvalue weighted by Crippen LogP contribution is -2.35. The molecular formula is C18H20N6. The normalized spacial score (nSPS) is 17.9. The van der Waals surface area contributed by atoms with Crippen molar-refractivity contribution >= 4 is 28.4 Å². The molecule has 6 nitrogen and oxygen atoms in total. The fourth-order valence-corrected chi connectivity index (χ4v) is 3.20. The molecule has 1 unspecified atom stereocenters. The van der Waals surface area contributed by atoms with Gasteiger partial charge >= 0.3 is 0 Å². The number of nitrogens with zero attached hydrogens (tertiary/aromatic N) is 5. The number of piperidine rings is 1. The summed E-state index contributed by atoms with van der Waals surface area (Å²) in [6.45, 7) is 4.25. The van der Waals surface area contributed by atoms with E-state index in [0.29, 0.717) is 17.7 Å². The van der Waals surface area contributed by atoms with Crippen molar-refractivity contribution in [1.82, 2.24) is 20.2 Å². The lowest BCUT2D eigenvalue weighted by molar-refractivity contribution is 0.441. The van der Waals surface area contributed by atoms with Gasteiger partial charge in [0.1, 0.15) is 0 Å². The average Bonchev–Trinajstić information content (AvgIpc) is 2.62. The Labute approximate surface area is 141 Å². The molecule has 1 aromatic carbocycles. The second-order valence-corrected chi connectivity index (χ2v) is 6.34. The summed E-state index contributed by atoms with van der Waals surface area (Å²) in [5, 5.41) is 12.8. The molecule has 24 heavy (non-hydrogen) atoms. The molecule has 122 valence electrons. The molecule has 0 aliphatic carbocycles. The fourth-order valence-electron chi connectivity index (χ4n) is 3.20. The maximum atomic E-state index is 4.65. The Balaban J connectivity index is 1.62. The molecule has 1 aliphatic rings. The van der Waals surface area contributed by atoms with Crippen LogP contribution < -0.4 is 10.2 Å². The lowest BCUT2D eigenvalue weighted by atomic mass is 10.0. The third-order valence-corrected chi connectivity index (χ3v) is 4.38. The molecule has 3 heterocycles. The smallest absolute Gasteiger partial charge is 0.247 e. The summed E-state index contributed by atoms with van der Waals surface area (Å²) < 4.78 is 0. The molecule has 4 rings (SSSR count). The van der Waals surface area contributed by atoms with E-state index in [9.17, 15) is 0 Å². The van der Waals surface area contributed by atoms with Crippen LogP contribution in [0.4, 0.5) is 17.5 Å². The van der Waals surface area contributed by atoms with Gasteiger partial charge in [0.25, 0.3) is 0 Å². The first-order valence-corrected chi connectivity index (χ1v) is 8.35. The molecule has 0 bridgehead atoms. The third kappa shape index (κ3) is 2.99. The number of fused-ring (bicyclic) bond motifs is 1. The van der Waals surface area contributed by atoms with Gasteiger partial charge in [0.15, 0.2) is 5.82 Å². The average molecular weight is 320 g/mol. The second-order valence-electron chi connectivity index (χ2n) is 6.34. The molecule has 1 atom stereocenters. The predicted molar refractivity (Wildman–Crippen MR) is 95.5 cm³/mol. The number of rotatable bonds is 3. The van der Waals surface area contributed by atoms with E-state index >= 15 is 0 Å². The zero-order valence-electron chi connectivity index (χ0n) is 13.7. The summed E-state index contributed by atoms with van der Waals surface area (Å²) in [4.78, 5) is 11.3. The van der Waals surface area contributed by atoms with Crippen LogP contribution in [0.25, 0.3) is 10.9 Å². The van der Waals surface area contributed by atoms with E-state index < -0.39 is 0 Å². The van der Waals surface area contributed by atoms with Crippen molar-refractivity contribution in [3.8, 4) is 0 Å². The zero-order valence-corrected chi connectivity index (χ0v) is 13.7. The van der Waals surface area contributed by atoms with Gasteiger partial charge in [-0.1, -0.05) is 25.1 Å². The molecule has 0 amide bonds. The van der Waals surface area contributed by atoms with E-state index in [4.69, 9.17) is 0 Å². The summed E-state index contributed by atoms with van der Waals surface area (Å²) in [5.74, 6) is 2.05. The molecule has 1 saturated heterocycles. The van der Waals surface area contributed by atoms with Gasteiger partial charge in [-0.3, -0.25) is 4.98 Å². The van der Waals surface area contributed by atoms with Crippen molar-refractivity contribution in [2.75, 3.05) is 23.3 Å². The number of pyridine rings is 1. The lowest BCUT2D eigenvalue weighted by Gasteiger charge is -2.30. The Kier molecular flexibility index (Phi) is 3.94. The van der Waals surface area contributed by atoms with Gasteiger partial charge < -0.3 is 10.2 Å². The minimum Gasteiger partial charge on any atom is -0.339 e. The van der Waals surface area contributed by atoms with E-state index in [0.717, 1.165) is 29.7 Å². The highest BCUT2D eigenvalue weighted by molar-refractivity contribution is 5.91. The minimum absolute atomic E-state index is 0.668. The van der Waals surface area contributed by atoms with Crippen LogP contribution in [0.3, 0.4) is 0 Å². The molecule has 0 spiro atoms. The van der Waals surface area contributed by atoms with Crippen molar-refractivity contribution in [2.45, 2.75) is 19.8 Å². The first kappa shape index (κ1) is 14.8. The molecule has 2 aromatic heterocycles. The van der Waals surface area contributed by atoms with E-state index in [2.05, 4.69) is 37.3 Å². The van der Waals surface area contributed by atoms with Gasteiger partial charge in [-0.05, 0) is 30.9 Å². The largest absolute Gasteiger partial charge is 0.339 e. The number of nitrogens with one attached hydrogen (secondary N) is 1. The van der Waals surface area contributed by atoms with Crippen LogP contribution in [0.5, 0.6) is 0 Å². The minimum atomic E-state index is 0.668. The van der Waals surface area contributed by atoms with E-state index in [1.165, 1.54) is 12.8 Å². The van der Waals surface area contributed by atoms with Gasteiger partial charge in [0, 0.05) is 24.7 Å². The number of benzene rings is 1. The van der Waals surface area contributed by atoms with Crippen LogP contribution >= 0.6 is 0 Å². The Bertz CT molecular complexity index is 844. The maximum absolute atomic E-state index is 4.65. The number of hydrogen-bond donors (Lipinski definition) is 1. The monoisotopic (exact) mass is 320 g/mol. The molecule has 1 aliphatic heterocycles. The van der Waals surface area contributed by atoms with E-state index in [-0.39, 0.29) is 0 Å². The number of para-hydroxylation sites is 1. The number of aromatic nitrogens is 4. The van der Waals surface area contributed by atoms with Crippen molar-refractivity contribution in [2.24, 2.45) is 5.92 Å². The van der Waals surface area contributed by atoms with Crippen molar-refractivity contribution < 1.29 is 0 Å². The molecule has 0 radical (unpaired) electrons. The molecule has 1 fully saturated rings. The molecule has 0 saturated carbocycles. The van der Waals surface area contributed by atoms with Crippen LogP contribution in [0.2, 0.25) is 0 Å². The highest BCUT2D eigenvalue weighted by atomic mass is 15.3. The van der Waals surface area contributed by atoms with Crippen LogP contribution in [-0.2, 0) is 0 Å². The van der Waals surface area contributed by atoms with E-state index in [1.807, 2.05) is 30.3 Å². The first-order valence-electron chi connectivity index (χ1n) is 8.35. The van der Waals surface area contributed by atoms with Crippen molar-refractivity contribution in [3.05, 3.63) is 42.7 Å². The summed E-state index contributed by atoms with van der Waals surface area (Å²) in [7, 11) is 0. The maximum Gasteiger partial charge on any atom is 0.247 e. The van der Waals surface area contributed by atoms with Crippen molar-refractivity contribution in [1.29, 1.82) is 0 Å². The molecule has 6 heteroatoms.